The average molecular weight is 491 g/mol. The Kier molecular flexibility index (Phi) is 8.38. The highest BCUT2D eigenvalue weighted by molar-refractivity contribution is 6.30. The Morgan fingerprint density at radius 1 is 1.09 bits per heavy atom. The number of anilines is 2. The third-order valence-electron chi connectivity index (χ3n) is 5.04. The third-order valence-corrected chi connectivity index (χ3v) is 5.28. The van der Waals surface area contributed by atoms with Gasteiger partial charge in [-0.3, -0.25) is 4.79 Å². The van der Waals surface area contributed by atoms with E-state index in [9.17, 15) is 9.59 Å². The molecule has 0 aliphatic carbocycles. The van der Waals surface area contributed by atoms with Gasteiger partial charge in [-0.2, -0.15) is 0 Å². The van der Waals surface area contributed by atoms with E-state index in [0.29, 0.717) is 48.3 Å². The highest BCUT2D eigenvalue weighted by atomic mass is 35.5. The molecule has 174 valence electrons. The SMILES string of the molecule is CCOC(=O)c1cc(NC(=O)c2ccc(-c3cccc(Cl)c3)o2)ccc1N1CCOCC1.Cl. The number of halogens is 2. The van der Waals surface area contributed by atoms with Crippen molar-refractivity contribution in [2.45, 2.75) is 6.92 Å². The van der Waals surface area contributed by atoms with Gasteiger partial charge in [-0.1, -0.05) is 23.7 Å². The summed E-state index contributed by atoms with van der Waals surface area (Å²) in [5, 5.41) is 3.37. The van der Waals surface area contributed by atoms with Gasteiger partial charge in [-0.05, 0) is 49.4 Å². The summed E-state index contributed by atoms with van der Waals surface area (Å²) in [6, 6.07) is 15.7. The van der Waals surface area contributed by atoms with Gasteiger partial charge in [0.1, 0.15) is 5.76 Å². The van der Waals surface area contributed by atoms with E-state index in [1.807, 2.05) is 18.2 Å². The molecule has 0 spiro atoms. The number of furan rings is 1. The smallest absolute Gasteiger partial charge is 0.340 e. The molecular formula is C24H24Cl2N2O5. The van der Waals surface area contributed by atoms with Crippen LogP contribution in [0.4, 0.5) is 11.4 Å². The number of hydrogen-bond donors (Lipinski definition) is 1. The molecule has 1 saturated heterocycles. The van der Waals surface area contributed by atoms with Gasteiger partial charge in [0, 0.05) is 29.4 Å². The summed E-state index contributed by atoms with van der Waals surface area (Å²) in [5.41, 5.74) is 2.39. The van der Waals surface area contributed by atoms with Crippen LogP contribution in [0, 0.1) is 0 Å². The first-order chi connectivity index (χ1) is 15.5. The van der Waals surface area contributed by atoms with Crippen molar-refractivity contribution in [1.82, 2.24) is 0 Å². The van der Waals surface area contributed by atoms with Crippen molar-refractivity contribution in [2.75, 3.05) is 43.1 Å². The molecule has 3 aromatic rings. The fraction of sp³-hybridized carbons (Fsp3) is 0.250. The zero-order chi connectivity index (χ0) is 22.5. The van der Waals surface area contributed by atoms with Crippen molar-refractivity contribution in [3.8, 4) is 11.3 Å². The standard InChI is InChI=1S/C24H23ClN2O5.ClH/c1-2-31-24(29)19-15-18(6-7-20(19)27-10-12-30-13-11-27)26-23(28)22-9-8-21(32-22)16-4-3-5-17(25)14-16;/h3-9,14-15H,2,10-13H2,1H3,(H,26,28);1H. The lowest BCUT2D eigenvalue weighted by atomic mass is 10.1. The van der Waals surface area contributed by atoms with Crippen LogP contribution in [0.2, 0.25) is 5.02 Å². The second-order valence-electron chi connectivity index (χ2n) is 7.18. The molecule has 9 heteroatoms. The predicted octanol–water partition coefficient (Wildman–Crippen LogP) is 5.29. The van der Waals surface area contributed by atoms with Crippen molar-refractivity contribution < 1.29 is 23.5 Å². The fourth-order valence-corrected chi connectivity index (χ4v) is 3.71. The lowest BCUT2D eigenvalue weighted by Gasteiger charge is -2.30. The van der Waals surface area contributed by atoms with Gasteiger partial charge in [0.05, 0.1) is 31.1 Å². The zero-order valence-electron chi connectivity index (χ0n) is 18.0. The van der Waals surface area contributed by atoms with Crippen molar-refractivity contribution in [1.29, 1.82) is 0 Å². The molecule has 1 aromatic heterocycles. The molecule has 0 unspecified atom stereocenters. The first kappa shape index (κ1) is 24.6. The lowest BCUT2D eigenvalue weighted by molar-refractivity contribution is 0.0526. The van der Waals surface area contributed by atoms with E-state index in [2.05, 4.69) is 10.2 Å². The molecule has 0 bridgehead atoms. The number of hydrogen-bond acceptors (Lipinski definition) is 6. The van der Waals surface area contributed by atoms with Crippen LogP contribution in [-0.4, -0.2) is 44.8 Å². The number of rotatable bonds is 6. The first-order valence-corrected chi connectivity index (χ1v) is 10.7. The number of carbonyl (C=O) groups excluding carboxylic acids is 2. The van der Waals surface area contributed by atoms with Gasteiger partial charge in [-0.15, -0.1) is 12.4 Å². The number of esters is 1. The maximum atomic E-state index is 12.7. The summed E-state index contributed by atoms with van der Waals surface area (Å²) in [5.74, 6) is -0.180. The van der Waals surface area contributed by atoms with E-state index in [1.54, 1.807) is 43.3 Å². The highest BCUT2D eigenvalue weighted by Crippen LogP contribution is 2.28. The van der Waals surface area contributed by atoms with Crippen LogP contribution in [0.25, 0.3) is 11.3 Å². The van der Waals surface area contributed by atoms with Crippen LogP contribution in [0.15, 0.2) is 59.0 Å². The van der Waals surface area contributed by atoms with Gasteiger partial charge in [0.15, 0.2) is 5.76 Å². The molecule has 4 rings (SSSR count). The Bertz CT molecular complexity index is 1130. The minimum Gasteiger partial charge on any atom is -0.462 e. The van der Waals surface area contributed by atoms with Gasteiger partial charge < -0.3 is 24.1 Å². The number of benzene rings is 2. The molecule has 0 saturated carbocycles. The lowest BCUT2D eigenvalue weighted by Crippen LogP contribution is -2.37. The number of amides is 1. The van der Waals surface area contributed by atoms with Gasteiger partial charge >= 0.3 is 5.97 Å². The molecular weight excluding hydrogens is 467 g/mol. The van der Waals surface area contributed by atoms with Crippen LogP contribution >= 0.6 is 24.0 Å². The minimum absolute atomic E-state index is 0. The Morgan fingerprint density at radius 2 is 1.88 bits per heavy atom. The molecule has 0 radical (unpaired) electrons. The Morgan fingerprint density at radius 3 is 2.61 bits per heavy atom. The summed E-state index contributed by atoms with van der Waals surface area (Å²) in [6.45, 7) is 4.55. The van der Waals surface area contributed by atoms with Gasteiger partial charge in [0.2, 0.25) is 0 Å². The molecule has 1 fully saturated rings. The molecule has 2 heterocycles. The maximum absolute atomic E-state index is 12.7. The zero-order valence-corrected chi connectivity index (χ0v) is 19.6. The number of nitrogens with zero attached hydrogens (tertiary/aromatic N) is 1. The molecule has 7 nitrogen and oxygen atoms in total. The third kappa shape index (κ3) is 5.87. The molecule has 2 aromatic carbocycles. The van der Waals surface area contributed by atoms with E-state index < -0.39 is 11.9 Å². The first-order valence-electron chi connectivity index (χ1n) is 10.4. The topological polar surface area (TPSA) is 81.0 Å². The van der Waals surface area contributed by atoms with E-state index in [4.69, 9.17) is 25.5 Å². The number of morpholine rings is 1. The molecule has 0 atom stereocenters. The van der Waals surface area contributed by atoms with Gasteiger partial charge in [-0.25, -0.2) is 4.79 Å². The van der Waals surface area contributed by atoms with Crippen molar-refractivity contribution in [3.63, 3.8) is 0 Å². The molecule has 33 heavy (non-hydrogen) atoms. The predicted molar refractivity (Wildman–Crippen MR) is 130 cm³/mol. The quantitative estimate of drug-likeness (QED) is 0.472. The maximum Gasteiger partial charge on any atom is 0.340 e. The van der Waals surface area contributed by atoms with Crippen molar-refractivity contribution in [2.24, 2.45) is 0 Å². The Hall–Kier alpha value is -3.00. The molecule has 1 aliphatic rings. The Balaban J connectivity index is 0.00000306. The van der Waals surface area contributed by atoms with Crippen LogP contribution in [0.3, 0.4) is 0 Å². The number of carbonyl (C=O) groups is 2. The minimum atomic E-state index is -0.439. The average Bonchev–Trinajstić information content (AvgIpc) is 3.30. The largest absolute Gasteiger partial charge is 0.462 e. The molecule has 1 N–H and O–H groups in total. The summed E-state index contributed by atoms with van der Waals surface area (Å²) in [6.07, 6.45) is 0. The van der Waals surface area contributed by atoms with Crippen LogP contribution in [0.5, 0.6) is 0 Å². The summed E-state index contributed by atoms with van der Waals surface area (Å²) in [7, 11) is 0. The normalized spacial score (nSPS) is 13.2. The summed E-state index contributed by atoms with van der Waals surface area (Å²) >= 11 is 6.03. The number of nitrogens with one attached hydrogen (secondary N) is 1. The molecule has 1 aliphatic heterocycles. The fourth-order valence-electron chi connectivity index (χ4n) is 3.52. The van der Waals surface area contributed by atoms with Crippen molar-refractivity contribution in [3.05, 3.63) is 70.9 Å². The van der Waals surface area contributed by atoms with Gasteiger partial charge in [0.25, 0.3) is 5.91 Å². The van der Waals surface area contributed by atoms with Crippen molar-refractivity contribution >= 4 is 47.3 Å². The van der Waals surface area contributed by atoms with E-state index in [1.165, 1.54) is 0 Å². The second kappa shape index (κ2) is 11.2. The van der Waals surface area contributed by atoms with Crippen LogP contribution in [-0.2, 0) is 9.47 Å². The van der Waals surface area contributed by atoms with E-state index in [-0.39, 0.29) is 24.8 Å². The van der Waals surface area contributed by atoms with E-state index in [0.717, 1.165) is 11.3 Å². The number of ether oxygens (including phenoxy) is 2. The highest BCUT2D eigenvalue weighted by Gasteiger charge is 2.21. The van der Waals surface area contributed by atoms with E-state index >= 15 is 0 Å². The van der Waals surface area contributed by atoms with Crippen LogP contribution in [0.1, 0.15) is 27.8 Å². The monoisotopic (exact) mass is 490 g/mol. The molecule has 1 amide bonds. The summed E-state index contributed by atoms with van der Waals surface area (Å²) < 4.78 is 16.3. The summed E-state index contributed by atoms with van der Waals surface area (Å²) in [4.78, 5) is 27.4. The Labute approximate surface area is 203 Å². The van der Waals surface area contributed by atoms with Crippen LogP contribution < -0.4 is 10.2 Å². The second-order valence-corrected chi connectivity index (χ2v) is 7.62.